The van der Waals surface area contributed by atoms with Gasteiger partial charge in [0.25, 0.3) is 0 Å². The highest BCUT2D eigenvalue weighted by Gasteiger charge is 2.43. The van der Waals surface area contributed by atoms with Crippen molar-refractivity contribution in [2.45, 2.75) is 64.7 Å². The molecule has 0 unspecified atom stereocenters. The molecule has 672 valence electrons. The van der Waals surface area contributed by atoms with Crippen molar-refractivity contribution >= 4 is 150 Å². The highest BCUT2D eigenvalue weighted by atomic mass is 16.3. The molecule has 3 aliphatic carbocycles. The number of anilines is 9. The molecule has 0 aliphatic heterocycles. The van der Waals surface area contributed by atoms with Crippen LogP contribution in [0.4, 0.5) is 51.2 Å². The van der Waals surface area contributed by atoms with Gasteiger partial charge in [0.2, 0.25) is 0 Å². The van der Waals surface area contributed by atoms with Gasteiger partial charge in [-0.25, -0.2) is 0 Å². The lowest BCUT2D eigenvalue weighted by atomic mass is 9.78. The molecule has 0 bridgehead atoms. The van der Waals surface area contributed by atoms with Gasteiger partial charge in [-0.1, -0.05) is 344 Å². The zero-order valence-electron chi connectivity index (χ0n) is 79.4. The molecule has 0 saturated carbocycles. The van der Waals surface area contributed by atoms with E-state index in [9.17, 15) is 0 Å². The molecule has 0 N–H and O–H groups in total. The van der Waals surface area contributed by atoms with E-state index in [0.717, 1.165) is 145 Å². The molecule has 0 fully saturated rings. The van der Waals surface area contributed by atoms with Gasteiger partial charge in [-0.15, -0.1) is 0 Å². The van der Waals surface area contributed by atoms with Crippen LogP contribution in [0.5, 0.6) is 0 Å². The first kappa shape index (κ1) is 84.0. The maximum Gasteiger partial charge on any atom is 0.143 e. The lowest BCUT2D eigenvalue weighted by molar-refractivity contribution is 0.647. The largest absolute Gasteiger partial charge is 0.456 e. The van der Waals surface area contributed by atoms with E-state index in [2.05, 4.69) is 512 Å². The lowest BCUT2D eigenvalue weighted by Crippen LogP contribution is -2.16. The number of rotatable bonds is 13. The quantitative estimate of drug-likeness (QED) is 0.114. The number of hydrogen-bond donors (Lipinski definition) is 0. The Bertz CT molecular complexity index is 9250. The van der Waals surface area contributed by atoms with Crippen molar-refractivity contribution in [3.05, 3.63) is 500 Å². The van der Waals surface area contributed by atoms with Crippen LogP contribution in [-0.2, 0) is 16.2 Å². The van der Waals surface area contributed by atoms with E-state index in [0.29, 0.717) is 0 Å². The predicted molar refractivity (Wildman–Crippen MR) is 589 cm³/mol. The average Bonchev–Trinajstić information content (AvgIpc) is 1.54. The number of nitrogens with zero attached hydrogens (tertiary/aromatic N) is 3. The summed E-state index contributed by atoms with van der Waals surface area (Å²) in [5.41, 5.74) is 43.0. The molecule has 7 heteroatoms. The molecular weight excluding hydrogens is 1720 g/mol. The molecule has 3 aliphatic rings. The Balaban J connectivity index is 0.000000110. The number of para-hydroxylation sites is 5. The van der Waals surface area contributed by atoms with Gasteiger partial charge in [0, 0.05) is 140 Å². The Hall–Kier alpha value is -17.5. The third-order valence-electron chi connectivity index (χ3n) is 29.9. The SMILES string of the molecule is CC1(C)c2ccccc2-c2cc3c(cc21)oc1cc(N(c2ccccc2)c2ccccc2)cc(-c2ccccc2)c13.CC1(C)c2ccccc2-c2cc3c(oc4cc(N(c5ccccc5)c5ccc6c(c5)oc5ccccc56)ccc43)c(-c3cccc(-c4ccccc4)c3)c21.Cc1cccc(-c2c3c(cc4oc5cc(N(c6ccccc6)c6ccc7ccccc7c6)ccc5c24)C(C)(C)c2ccccc2-3)c1. The molecule has 0 amide bonds. The Morgan fingerprint density at radius 3 is 1.22 bits per heavy atom. The van der Waals surface area contributed by atoms with Gasteiger partial charge in [0.15, 0.2) is 0 Å². The van der Waals surface area contributed by atoms with Gasteiger partial charge in [0.05, 0.1) is 5.69 Å². The number of hydrogen-bond acceptors (Lipinski definition) is 7. The first-order chi connectivity index (χ1) is 69.1. The molecule has 0 spiro atoms. The molecule has 141 heavy (non-hydrogen) atoms. The van der Waals surface area contributed by atoms with Crippen molar-refractivity contribution in [2.75, 3.05) is 14.7 Å². The van der Waals surface area contributed by atoms with Crippen LogP contribution in [0.1, 0.15) is 80.5 Å². The van der Waals surface area contributed by atoms with Crippen LogP contribution in [0.2, 0.25) is 0 Å². The normalized spacial score (nSPS) is 13.2. The number of benzene rings is 21. The second kappa shape index (κ2) is 33.2. The summed E-state index contributed by atoms with van der Waals surface area (Å²) in [7, 11) is 0. The van der Waals surface area contributed by atoms with Gasteiger partial charge in [-0.2, -0.15) is 0 Å². The van der Waals surface area contributed by atoms with Crippen LogP contribution >= 0.6 is 0 Å². The third-order valence-corrected chi connectivity index (χ3v) is 29.9. The van der Waals surface area contributed by atoms with Crippen LogP contribution in [0.3, 0.4) is 0 Å². The molecule has 0 atom stereocenters. The molecule has 4 heterocycles. The predicted octanol–water partition coefficient (Wildman–Crippen LogP) is 38.1. The third kappa shape index (κ3) is 13.9. The first-order valence-corrected chi connectivity index (χ1v) is 48.8. The molecule has 28 rings (SSSR count). The van der Waals surface area contributed by atoms with Crippen molar-refractivity contribution < 1.29 is 17.7 Å². The van der Waals surface area contributed by atoms with E-state index in [-0.39, 0.29) is 16.2 Å². The molecule has 7 nitrogen and oxygen atoms in total. The fraction of sp³-hybridized carbons (Fsp3) is 0.0746. The summed E-state index contributed by atoms with van der Waals surface area (Å²) in [5, 5.41) is 11.5. The van der Waals surface area contributed by atoms with Crippen molar-refractivity contribution in [2.24, 2.45) is 0 Å². The Morgan fingerprint density at radius 1 is 0.184 bits per heavy atom. The minimum absolute atomic E-state index is 0.0794. The fourth-order valence-electron chi connectivity index (χ4n) is 23.3. The standard InChI is InChI=1S/C51H35NO2.C44H33NO.C39H29NO/c1-51(2)44-22-11-9-20-38(44)42-31-43-41-27-25-37(30-47(41)54-50(43)48(49(42)51)34-17-13-16-33(28-34)32-14-5-3-6-15-32)52(35-18-7-4-8-19-35)36-24-26-40-39-21-10-12-23-45(39)53-46(40)29-36;1-28-12-11-15-31(24-28)41-42-35-18-9-10-19-37(35)44(2,3)38(42)27-40-43(41)36-23-22-34(26-39(36)46-40)45(32-16-5-4-6-17-32)33-21-20-29-13-7-8-14-30(29)25-33;1-39(2)34-21-13-12-20-30(34)32-24-33-36(25-35(32)39)41-37-23-29(22-31(38(33)37)26-14-6-3-7-15-26)40(27-16-8-4-9-17-27)28-18-10-5-11-19-28/h3-31H,1-2H3;4-27H,1-3H3;3-25H,1-2H3. The Kier molecular flexibility index (Phi) is 19.8. The highest BCUT2D eigenvalue weighted by Crippen LogP contribution is 2.60. The van der Waals surface area contributed by atoms with Gasteiger partial charge in [-0.05, 0) is 257 Å². The topological polar surface area (TPSA) is 62.3 Å². The summed E-state index contributed by atoms with van der Waals surface area (Å²) in [6.07, 6.45) is 0. The highest BCUT2D eigenvalue weighted by molar-refractivity contribution is 6.20. The number of aryl methyl sites for hydroxylation is 1. The van der Waals surface area contributed by atoms with E-state index in [1.165, 1.54) is 122 Å². The van der Waals surface area contributed by atoms with Crippen LogP contribution in [0.15, 0.2) is 479 Å². The lowest BCUT2D eigenvalue weighted by Gasteiger charge is -2.26. The molecule has 0 radical (unpaired) electrons. The molecule has 21 aromatic carbocycles. The van der Waals surface area contributed by atoms with E-state index >= 15 is 0 Å². The van der Waals surface area contributed by atoms with E-state index in [1.807, 2.05) is 12.1 Å². The summed E-state index contributed by atoms with van der Waals surface area (Å²) < 4.78 is 27.1. The molecular formula is C134H97N3O4. The minimum Gasteiger partial charge on any atom is -0.456 e. The average molecular weight is 1810 g/mol. The van der Waals surface area contributed by atoms with Gasteiger partial charge >= 0.3 is 0 Å². The smallest absolute Gasteiger partial charge is 0.143 e. The fourth-order valence-corrected chi connectivity index (χ4v) is 23.3. The molecule has 25 aromatic rings. The monoisotopic (exact) mass is 1810 g/mol. The number of fused-ring (bicyclic) bond motifs is 22. The van der Waals surface area contributed by atoms with E-state index in [1.54, 1.807) is 0 Å². The van der Waals surface area contributed by atoms with Crippen LogP contribution in [0, 0.1) is 6.92 Å². The van der Waals surface area contributed by atoms with Crippen molar-refractivity contribution in [3.8, 4) is 77.9 Å². The van der Waals surface area contributed by atoms with Crippen molar-refractivity contribution in [1.29, 1.82) is 0 Å². The second-order valence-electron chi connectivity index (χ2n) is 39.4. The summed E-state index contributed by atoms with van der Waals surface area (Å²) >= 11 is 0. The van der Waals surface area contributed by atoms with Crippen molar-refractivity contribution in [3.63, 3.8) is 0 Å². The zero-order chi connectivity index (χ0) is 94.5. The van der Waals surface area contributed by atoms with E-state index < -0.39 is 0 Å². The van der Waals surface area contributed by atoms with Gasteiger partial charge in [0.1, 0.15) is 44.7 Å². The van der Waals surface area contributed by atoms with Gasteiger partial charge < -0.3 is 32.4 Å². The van der Waals surface area contributed by atoms with Crippen molar-refractivity contribution in [1.82, 2.24) is 0 Å². The maximum atomic E-state index is 7.13. The summed E-state index contributed by atoms with van der Waals surface area (Å²) in [5.74, 6) is 0. The van der Waals surface area contributed by atoms with E-state index in [4.69, 9.17) is 17.7 Å². The maximum absolute atomic E-state index is 7.13. The zero-order valence-corrected chi connectivity index (χ0v) is 79.4. The Morgan fingerprint density at radius 2 is 0.596 bits per heavy atom. The second-order valence-corrected chi connectivity index (χ2v) is 39.4. The van der Waals surface area contributed by atoms with Crippen LogP contribution in [-0.4, -0.2) is 0 Å². The summed E-state index contributed by atoms with van der Waals surface area (Å²) in [6, 6.07) is 165. The van der Waals surface area contributed by atoms with Crippen LogP contribution in [0.25, 0.3) is 176 Å². The molecule has 4 aromatic heterocycles. The van der Waals surface area contributed by atoms with Crippen LogP contribution < -0.4 is 14.7 Å². The molecule has 0 saturated heterocycles. The minimum atomic E-state index is -0.220. The first-order valence-electron chi connectivity index (χ1n) is 48.8. The Labute approximate surface area is 819 Å². The van der Waals surface area contributed by atoms with Gasteiger partial charge in [-0.3, -0.25) is 0 Å². The summed E-state index contributed by atoms with van der Waals surface area (Å²) in [4.78, 5) is 6.90. The number of furan rings is 4. The summed E-state index contributed by atoms with van der Waals surface area (Å²) in [6.45, 7) is 16.2.